The zero-order chi connectivity index (χ0) is 11.8. The summed E-state index contributed by atoms with van der Waals surface area (Å²) in [5, 5.41) is 0.220. The topological polar surface area (TPSA) is 39.4 Å². The van der Waals surface area contributed by atoms with Gasteiger partial charge in [0.25, 0.3) is 0 Å². The number of carbonyl (C=O) groups is 1. The van der Waals surface area contributed by atoms with E-state index < -0.39 is 0 Å². The van der Waals surface area contributed by atoms with Gasteiger partial charge in [0.05, 0.1) is 6.61 Å². The van der Waals surface area contributed by atoms with Crippen LogP contribution in [0.3, 0.4) is 0 Å². The van der Waals surface area contributed by atoms with Crippen LogP contribution in [0.1, 0.15) is 21.7 Å². The maximum atomic E-state index is 12.1. The number of rotatable bonds is 2. The van der Waals surface area contributed by atoms with Gasteiger partial charge in [-0.05, 0) is 47.5 Å². The number of ketones is 1. The highest BCUT2D eigenvalue weighted by atomic mass is 35.5. The molecule has 0 unspecified atom stereocenters. The number of halogens is 1. The third kappa shape index (κ3) is 1.83. The number of hydrogen-bond acceptors (Lipinski definition) is 3. The lowest BCUT2D eigenvalue weighted by Gasteiger charge is -2.01. The summed E-state index contributed by atoms with van der Waals surface area (Å²) in [6.45, 7) is 0.680. The molecule has 0 bridgehead atoms. The highest BCUT2D eigenvalue weighted by Crippen LogP contribution is 2.27. The van der Waals surface area contributed by atoms with Crippen LogP contribution in [0.15, 0.2) is 34.7 Å². The van der Waals surface area contributed by atoms with Crippen LogP contribution in [0.2, 0.25) is 5.22 Å². The van der Waals surface area contributed by atoms with Crippen LogP contribution in [-0.4, -0.2) is 12.4 Å². The van der Waals surface area contributed by atoms with E-state index in [4.69, 9.17) is 20.8 Å². The summed E-state index contributed by atoms with van der Waals surface area (Å²) in [7, 11) is 0. The second-order valence-electron chi connectivity index (χ2n) is 3.85. The monoisotopic (exact) mass is 248 g/mol. The average molecular weight is 249 g/mol. The van der Waals surface area contributed by atoms with Crippen molar-refractivity contribution in [3.63, 3.8) is 0 Å². The first-order chi connectivity index (χ1) is 8.24. The minimum atomic E-state index is -0.161. The molecule has 0 radical (unpaired) electrons. The number of fused-ring (bicyclic) bond motifs is 1. The van der Waals surface area contributed by atoms with Crippen molar-refractivity contribution in [2.24, 2.45) is 0 Å². The number of benzene rings is 1. The first kappa shape index (κ1) is 10.4. The first-order valence-corrected chi connectivity index (χ1v) is 5.67. The second kappa shape index (κ2) is 3.93. The van der Waals surface area contributed by atoms with E-state index in [1.807, 2.05) is 12.1 Å². The molecule has 0 atom stereocenters. The lowest BCUT2D eigenvalue weighted by molar-refractivity contribution is 0.101. The van der Waals surface area contributed by atoms with Crippen molar-refractivity contribution in [2.75, 3.05) is 6.61 Å². The number of hydrogen-bond donors (Lipinski definition) is 0. The van der Waals surface area contributed by atoms with E-state index >= 15 is 0 Å². The molecule has 17 heavy (non-hydrogen) atoms. The van der Waals surface area contributed by atoms with Crippen LogP contribution < -0.4 is 4.74 Å². The van der Waals surface area contributed by atoms with Crippen LogP contribution in [0, 0.1) is 0 Å². The van der Waals surface area contributed by atoms with Gasteiger partial charge in [-0.1, -0.05) is 0 Å². The van der Waals surface area contributed by atoms with Crippen molar-refractivity contribution in [2.45, 2.75) is 6.42 Å². The summed E-state index contributed by atoms with van der Waals surface area (Å²) >= 11 is 5.65. The minimum absolute atomic E-state index is 0.161. The lowest BCUT2D eigenvalue weighted by atomic mass is 10.0. The molecule has 1 aliphatic rings. The van der Waals surface area contributed by atoms with Gasteiger partial charge in [-0.15, -0.1) is 0 Å². The van der Waals surface area contributed by atoms with Crippen LogP contribution in [-0.2, 0) is 6.42 Å². The molecule has 0 fully saturated rings. The number of ether oxygens (including phenoxy) is 1. The Morgan fingerprint density at radius 1 is 1.24 bits per heavy atom. The second-order valence-corrected chi connectivity index (χ2v) is 4.23. The van der Waals surface area contributed by atoms with E-state index in [-0.39, 0.29) is 16.8 Å². The molecule has 2 heterocycles. The maximum absolute atomic E-state index is 12.1. The van der Waals surface area contributed by atoms with Gasteiger partial charge in [-0.2, -0.15) is 0 Å². The van der Waals surface area contributed by atoms with Gasteiger partial charge >= 0.3 is 0 Å². The van der Waals surface area contributed by atoms with Crippen molar-refractivity contribution in [3.8, 4) is 5.75 Å². The zero-order valence-corrected chi connectivity index (χ0v) is 9.66. The lowest BCUT2D eigenvalue weighted by Crippen LogP contribution is -1.99. The molecule has 0 spiro atoms. The van der Waals surface area contributed by atoms with E-state index in [9.17, 15) is 4.79 Å². The number of furan rings is 1. The maximum Gasteiger partial charge on any atom is 0.228 e. The van der Waals surface area contributed by atoms with Crippen LogP contribution in [0.4, 0.5) is 0 Å². The van der Waals surface area contributed by atoms with Crippen molar-refractivity contribution in [1.29, 1.82) is 0 Å². The minimum Gasteiger partial charge on any atom is -0.493 e. The molecule has 0 saturated heterocycles. The Hall–Kier alpha value is -1.74. The smallest absolute Gasteiger partial charge is 0.228 e. The highest BCUT2D eigenvalue weighted by Gasteiger charge is 2.17. The van der Waals surface area contributed by atoms with Gasteiger partial charge in [0.15, 0.2) is 11.0 Å². The molecular weight excluding hydrogens is 240 g/mol. The Balaban J connectivity index is 1.97. The van der Waals surface area contributed by atoms with E-state index in [0.717, 1.165) is 17.7 Å². The van der Waals surface area contributed by atoms with Gasteiger partial charge in [-0.3, -0.25) is 4.79 Å². The van der Waals surface area contributed by atoms with Gasteiger partial charge < -0.3 is 9.15 Å². The Bertz CT molecular complexity index is 586. The number of carbonyl (C=O) groups excluding carboxylic acids is 1. The van der Waals surface area contributed by atoms with Gasteiger partial charge in [0.2, 0.25) is 5.78 Å². The summed E-state index contributed by atoms with van der Waals surface area (Å²) in [5.41, 5.74) is 1.66. The van der Waals surface area contributed by atoms with Crippen LogP contribution >= 0.6 is 11.6 Å². The molecule has 0 N–H and O–H groups in total. The Kier molecular flexibility index (Phi) is 2.41. The summed E-state index contributed by atoms with van der Waals surface area (Å²) < 4.78 is 10.5. The molecule has 3 nitrogen and oxygen atoms in total. The molecule has 1 aliphatic heterocycles. The van der Waals surface area contributed by atoms with E-state index in [1.165, 1.54) is 0 Å². The fraction of sp³-hybridized carbons (Fsp3) is 0.154. The largest absolute Gasteiger partial charge is 0.493 e. The Labute approximate surface area is 103 Å². The summed E-state index contributed by atoms with van der Waals surface area (Å²) in [6.07, 6.45) is 0.843. The molecule has 2 aromatic rings. The van der Waals surface area contributed by atoms with Crippen molar-refractivity contribution >= 4 is 17.4 Å². The first-order valence-electron chi connectivity index (χ1n) is 5.30. The van der Waals surface area contributed by atoms with Crippen LogP contribution in [0.5, 0.6) is 5.75 Å². The zero-order valence-electron chi connectivity index (χ0n) is 8.90. The molecule has 3 rings (SSSR count). The predicted octanol–water partition coefficient (Wildman–Crippen LogP) is 3.10. The fourth-order valence-electron chi connectivity index (χ4n) is 1.91. The van der Waals surface area contributed by atoms with Crippen molar-refractivity contribution in [1.82, 2.24) is 0 Å². The third-order valence-electron chi connectivity index (χ3n) is 2.75. The molecule has 0 aliphatic carbocycles. The molecule has 86 valence electrons. The highest BCUT2D eigenvalue weighted by molar-refractivity contribution is 6.29. The predicted molar refractivity (Wildman–Crippen MR) is 62.8 cm³/mol. The summed E-state index contributed by atoms with van der Waals surface area (Å²) in [5.74, 6) is 0.958. The average Bonchev–Trinajstić information content (AvgIpc) is 2.95. The van der Waals surface area contributed by atoms with E-state index in [1.54, 1.807) is 18.2 Å². The van der Waals surface area contributed by atoms with E-state index in [0.29, 0.717) is 12.2 Å². The Morgan fingerprint density at radius 2 is 2.12 bits per heavy atom. The van der Waals surface area contributed by atoms with Crippen LogP contribution in [0.25, 0.3) is 0 Å². The van der Waals surface area contributed by atoms with Gasteiger partial charge in [0, 0.05) is 12.0 Å². The van der Waals surface area contributed by atoms with Gasteiger partial charge in [0.1, 0.15) is 5.75 Å². The van der Waals surface area contributed by atoms with Crippen molar-refractivity contribution < 1.29 is 13.9 Å². The SMILES string of the molecule is O=C(c1ccc2c(c1)CCO2)c1ccc(Cl)o1. The molecule has 1 aromatic carbocycles. The summed E-state index contributed by atoms with van der Waals surface area (Å²) in [4.78, 5) is 12.1. The molecule has 1 aromatic heterocycles. The fourth-order valence-corrected chi connectivity index (χ4v) is 2.05. The third-order valence-corrected chi connectivity index (χ3v) is 2.95. The quantitative estimate of drug-likeness (QED) is 0.767. The molecular formula is C13H9ClO3. The van der Waals surface area contributed by atoms with Gasteiger partial charge in [-0.25, -0.2) is 0 Å². The molecule has 4 heteroatoms. The van der Waals surface area contributed by atoms with Crippen molar-refractivity contribution in [3.05, 3.63) is 52.4 Å². The summed E-state index contributed by atoms with van der Waals surface area (Å²) in [6, 6.07) is 8.55. The Morgan fingerprint density at radius 3 is 2.88 bits per heavy atom. The normalized spacial score (nSPS) is 13.2. The molecule has 0 amide bonds. The molecule has 0 saturated carbocycles. The standard InChI is InChI=1S/C13H9ClO3/c14-12-4-3-11(17-12)13(15)9-1-2-10-8(7-9)5-6-16-10/h1-4,7H,5-6H2. The van der Waals surface area contributed by atoms with E-state index in [2.05, 4.69) is 0 Å².